The first-order valence-corrected chi connectivity index (χ1v) is 13.3. The van der Waals surface area contributed by atoms with Crippen LogP contribution in [0, 0.1) is 11.3 Å². The number of hydrogen-bond donors (Lipinski definition) is 0. The van der Waals surface area contributed by atoms with E-state index in [2.05, 4.69) is 0 Å². The van der Waals surface area contributed by atoms with Crippen LogP contribution in [0.5, 0.6) is 17.2 Å². The quantitative estimate of drug-likeness (QED) is 0.178. The molecule has 3 aromatic rings. The van der Waals surface area contributed by atoms with Gasteiger partial charge >= 0.3 is 11.9 Å². The Balaban J connectivity index is 2.04. The normalized spacial score (nSPS) is 19.2. The SMILES string of the molecule is CCOC(=O)C1(C(=O)OCC)[C@H](C(=O)c2ccccc2)[C@@H](c2ccc(OC)cc2)O[C@H]1c1ccc(OC)c(OC)c1. The fourth-order valence-corrected chi connectivity index (χ4v) is 5.33. The van der Waals surface area contributed by atoms with Gasteiger partial charge in [-0.3, -0.25) is 14.4 Å². The third kappa shape index (κ3) is 5.37. The molecule has 0 aliphatic carbocycles. The average Bonchev–Trinajstić information content (AvgIpc) is 3.38. The number of Topliss-reactive ketones (excluding diaryl/α,β-unsaturated/α-hetero) is 1. The van der Waals surface area contributed by atoms with Crippen molar-refractivity contribution in [2.45, 2.75) is 26.1 Å². The first kappa shape index (κ1) is 29.6. The van der Waals surface area contributed by atoms with Crippen LogP contribution in [0.25, 0.3) is 0 Å². The summed E-state index contributed by atoms with van der Waals surface area (Å²) in [5.41, 5.74) is -0.902. The van der Waals surface area contributed by atoms with Crippen LogP contribution in [0.15, 0.2) is 72.8 Å². The van der Waals surface area contributed by atoms with Crippen molar-refractivity contribution >= 4 is 17.7 Å². The summed E-state index contributed by atoms with van der Waals surface area (Å²) in [5.74, 6) is -2.24. The van der Waals surface area contributed by atoms with Crippen LogP contribution >= 0.6 is 0 Å². The van der Waals surface area contributed by atoms with Crippen molar-refractivity contribution in [1.82, 2.24) is 0 Å². The highest BCUT2D eigenvalue weighted by atomic mass is 16.6. The summed E-state index contributed by atoms with van der Waals surface area (Å²) in [6, 6.07) is 20.4. The summed E-state index contributed by atoms with van der Waals surface area (Å²) in [4.78, 5) is 42.7. The van der Waals surface area contributed by atoms with E-state index in [0.717, 1.165) is 0 Å². The number of carbonyl (C=O) groups is 3. The molecule has 41 heavy (non-hydrogen) atoms. The van der Waals surface area contributed by atoms with Gasteiger partial charge in [0.2, 0.25) is 5.41 Å². The number of methoxy groups -OCH3 is 3. The van der Waals surface area contributed by atoms with Crippen molar-refractivity contribution < 1.29 is 42.8 Å². The molecule has 0 amide bonds. The minimum absolute atomic E-state index is 0.0297. The monoisotopic (exact) mass is 562 g/mol. The molecule has 0 radical (unpaired) electrons. The Morgan fingerprint density at radius 1 is 0.732 bits per heavy atom. The number of ether oxygens (including phenoxy) is 6. The van der Waals surface area contributed by atoms with Gasteiger partial charge in [0.15, 0.2) is 17.3 Å². The Labute approximate surface area is 239 Å². The van der Waals surface area contributed by atoms with E-state index in [4.69, 9.17) is 28.4 Å². The van der Waals surface area contributed by atoms with Gasteiger partial charge in [-0.2, -0.15) is 0 Å². The van der Waals surface area contributed by atoms with E-state index in [9.17, 15) is 14.4 Å². The molecule has 1 fully saturated rings. The first-order valence-electron chi connectivity index (χ1n) is 13.3. The second-order valence-corrected chi connectivity index (χ2v) is 9.34. The summed E-state index contributed by atoms with van der Waals surface area (Å²) in [6.07, 6.45) is -2.30. The lowest BCUT2D eigenvalue weighted by Gasteiger charge is -2.34. The smallest absolute Gasteiger partial charge is 0.327 e. The third-order valence-corrected chi connectivity index (χ3v) is 7.21. The summed E-state index contributed by atoms with van der Waals surface area (Å²) in [5, 5.41) is 0. The van der Waals surface area contributed by atoms with Gasteiger partial charge in [0, 0.05) is 5.56 Å². The number of benzene rings is 3. The van der Waals surface area contributed by atoms with Crippen molar-refractivity contribution in [1.29, 1.82) is 0 Å². The van der Waals surface area contributed by atoms with E-state index in [1.54, 1.807) is 93.8 Å². The maximum absolute atomic E-state index is 14.4. The van der Waals surface area contributed by atoms with Crippen LogP contribution in [-0.4, -0.2) is 52.3 Å². The second kappa shape index (κ2) is 12.9. The lowest BCUT2D eigenvalue weighted by Crippen LogP contribution is -2.51. The molecule has 4 rings (SSSR count). The highest BCUT2D eigenvalue weighted by Gasteiger charge is 2.70. The molecule has 1 aliphatic rings. The van der Waals surface area contributed by atoms with E-state index in [-0.39, 0.29) is 13.2 Å². The number of hydrogen-bond acceptors (Lipinski definition) is 9. The minimum atomic E-state index is -2.19. The van der Waals surface area contributed by atoms with Gasteiger partial charge in [-0.15, -0.1) is 0 Å². The summed E-state index contributed by atoms with van der Waals surface area (Å²) >= 11 is 0. The zero-order valence-electron chi connectivity index (χ0n) is 23.7. The minimum Gasteiger partial charge on any atom is -0.497 e. The van der Waals surface area contributed by atoms with E-state index in [1.165, 1.54) is 14.2 Å². The van der Waals surface area contributed by atoms with Crippen LogP contribution < -0.4 is 14.2 Å². The third-order valence-electron chi connectivity index (χ3n) is 7.21. The van der Waals surface area contributed by atoms with Crippen molar-refractivity contribution in [3.8, 4) is 17.2 Å². The van der Waals surface area contributed by atoms with Crippen LogP contribution in [0.4, 0.5) is 0 Å². The van der Waals surface area contributed by atoms with E-state index >= 15 is 0 Å². The van der Waals surface area contributed by atoms with Gasteiger partial charge in [0.05, 0.1) is 46.6 Å². The largest absolute Gasteiger partial charge is 0.497 e. The molecule has 216 valence electrons. The number of ketones is 1. The van der Waals surface area contributed by atoms with Crippen molar-refractivity contribution in [2.75, 3.05) is 34.5 Å². The molecule has 9 heteroatoms. The molecule has 3 aromatic carbocycles. The zero-order valence-corrected chi connectivity index (χ0v) is 23.7. The average molecular weight is 563 g/mol. The molecule has 1 heterocycles. The second-order valence-electron chi connectivity index (χ2n) is 9.34. The molecule has 1 saturated heterocycles. The Morgan fingerprint density at radius 2 is 1.32 bits per heavy atom. The van der Waals surface area contributed by atoms with Crippen molar-refractivity contribution in [3.63, 3.8) is 0 Å². The molecular weight excluding hydrogens is 528 g/mol. The predicted molar refractivity (Wildman–Crippen MR) is 149 cm³/mol. The Hall–Kier alpha value is -4.37. The number of carbonyl (C=O) groups excluding carboxylic acids is 3. The van der Waals surface area contributed by atoms with E-state index in [0.29, 0.717) is 33.9 Å². The molecule has 0 saturated carbocycles. The zero-order chi connectivity index (χ0) is 29.6. The molecule has 1 aliphatic heterocycles. The van der Waals surface area contributed by atoms with E-state index in [1.807, 2.05) is 0 Å². The number of rotatable bonds is 11. The fraction of sp³-hybridized carbons (Fsp3) is 0.344. The number of esters is 2. The summed E-state index contributed by atoms with van der Waals surface area (Å²) in [6.45, 7) is 3.20. The van der Waals surface area contributed by atoms with Gasteiger partial charge in [-0.05, 0) is 49.2 Å². The van der Waals surface area contributed by atoms with Crippen LogP contribution in [0.3, 0.4) is 0 Å². The topological polar surface area (TPSA) is 107 Å². The lowest BCUT2D eigenvalue weighted by molar-refractivity contribution is -0.178. The maximum Gasteiger partial charge on any atom is 0.327 e. The van der Waals surface area contributed by atoms with Crippen molar-refractivity contribution in [2.24, 2.45) is 11.3 Å². The summed E-state index contributed by atoms with van der Waals surface area (Å²) in [7, 11) is 4.52. The van der Waals surface area contributed by atoms with Gasteiger partial charge in [0.1, 0.15) is 11.9 Å². The molecule has 0 spiro atoms. The van der Waals surface area contributed by atoms with Crippen LogP contribution in [0.2, 0.25) is 0 Å². The Morgan fingerprint density at radius 3 is 1.85 bits per heavy atom. The van der Waals surface area contributed by atoms with Crippen LogP contribution in [-0.2, 0) is 23.8 Å². The molecular formula is C32H34O9. The molecule has 0 N–H and O–H groups in total. The molecule has 0 unspecified atom stereocenters. The molecule has 3 atom stereocenters. The highest BCUT2D eigenvalue weighted by Crippen LogP contribution is 2.60. The highest BCUT2D eigenvalue weighted by molar-refractivity contribution is 6.10. The standard InChI is InChI=1S/C32H34O9/c1-6-39-30(34)32(31(35)40-7-2)26(27(33)20-11-9-8-10-12-20)28(21-13-16-23(36-3)17-14-21)41-29(32)22-15-18-24(37-4)25(19-22)38-5/h8-19,26,28-29H,6-7H2,1-5H3/t26-,28-,29+/m1/s1. The lowest BCUT2D eigenvalue weighted by atomic mass is 9.66. The predicted octanol–water partition coefficient (Wildman–Crippen LogP) is 5.14. The van der Waals surface area contributed by atoms with Gasteiger partial charge in [0.25, 0.3) is 0 Å². The molecule has 9 nitrogen and oxygen atoms in total. The maximum atomic E-state index is 14.4. The van der Waals surface area contributed by atoms with Gasteiger partial charge in [-0.25, -0.2) is 0 Å². The first-order chi connectivity index (χ1) is 19.9. The molecule has 0 aromatic heterocycles. The Kier molecular flexibility index (Phi) is 9.29. The van der Waals surface area contributed by atoms with E-state index < -0.39 is 41.3 Å². The van der Waals surface area contributed by atoms with Gasteiger partial charge in [-0.1, -0.05) is 48.5 Å². The Bertz CT molecular complexity index is 1350. The fourth-order valence-electron chi connectivity index (χ4n) is 5.33. The van der Waals surface area contributed by atoms with Gasteiger partial charge < -0.3 is 28.4 Å². The molecule has 0 bridgehead atoms. The van der Waals surface area contributed by atoms with Crippen LogP contribution in [0.1, 0.15) is 47.5 Å². The summed E-state index contributed by atoms with van der Waals surface area (Å²) < 4.78 is 33.9. The van der Waals surface area contributed by atoms with Crippen molar-refractivity contribution in [3.05, 3.63) is 89.5 Å².